The summed E-state index contributed by atoms with van der Waals surface area (Å²) in [5.41, 5.74) is 2.75. The van der Waals surface area contributed by atoms with E-state index in [2.05, 4.69) is 10.6 Å². The molecule has 1 aromatic carbocycles. The number of nitrogens with one attached hydrogen (secondary N) is 2. The van der Waals surface area contributed by atoms with Crippen LogP contribution in [-0.4, -0.2) is 12.5 Å². The van der Waals surface area contributed by atoms with Crippen molar-refractivity contribution >= 4 is 11.6 Å². The van der Waals surface area contributed by atoms with Crippen LogP contribution in [0.1, 0.15) is 15.9 Å². The van der Waals surface area contributed by atoms with Crippen LogP contribution in [-0.2, 0) is 6.42 Å². The van der Waals surface area contributed by atoms with Crippen molar-refractivity contribution in [1.29, 1.82) is 5.26 Å². The monoisotopic (exact) mass is 187 g/mol. The van der Waals surface area contributed by atoms with E-state index in [4.69, 9.17) is 5.26 Å². The van der Waals surface area contributed by atoms with E-state index < -0.39 is 0 Å². The van der Waals surface area contributed by atoms with Gasteiger partial charge in [0.05, 0.1) is 0 Å². The highest BCUT2D eigenvalue weighted by atomic mass is 16.1. The molecule has 0 spiro atoms. The smallest absolute Gasteiger partial charge is 0.264 e. The van der Waals surface area contributed by atoms with Gasteiger partial charge in [-0.1, -0.05) is 0 Å². The molecule has 0 aliphatic carbocycles. The lowest BCUT2D eigenvalue weighted by molar-refractivity contribution is 0.0973. The molecule has 14 heavy (non-hydrogen) atoms. The number of carbonyl (C=O) groups is 1. The highest BCUT2D eigenvalue weighted by Gasteiger charge is 2.12. The maximum atomic E-state index is 11.3. The molecule has 70 valence electrons. The van der Waals surface area contributed by atoms with Gasteiger partial charge in [-0.25, -0.2) is 0 Å². The van der Waals surface area contributed by atoms with E-state index in [1.54, 1.807) is 12.3 Å². The third-order valence-electron chi connectivity index (χ3n) is 2.25. The van der Waals surface area contributed by atoms with Crippen LogP contribution in [0.15, 0.2) is 18.2 Å². The summed E-state index contributed by atoms with van der Waals surface area (Å²) in [6.07, 6.45) is 2.55. The van der Waals surface area contributed by atoms with E-state index in [-0.39, 0.29) is 5.91 Å². The van der Waals surface area contributed by atoms with Crippen LogP contribution in [0.2, 0.25) is 0 Å². The van der Waals surface area contributed by atoms with Crippen molar-refractivity contribution in [2.24, 2.45) is 0 Å². The van der Waals surface area contributed by atoms with E-state index >= 15 is 0 Å². The number of hydrogen-bond donors (Lipinski definition) is 2. The summed E-state index contributed by atoms with van der Waals surface area (Å²) in [6, 6.07) is 5.40. The Balaban J connectivity index is 2.29. The fourth-order valence-corrected chi connectivity index (χ4v) is 1.57. The summed E-state index contributed by atoms with van der Waals surface area (Å²) in [6.45, 7) is 0.915. The van der Waals surface area contributed by atoms with Crippen molar-refractivity contribution in [1.82, 2.24) is 5.32 Å². The average Bonchev–Trinajstić information content (AvgIpc) is 2.64. The molecule has 0 saturated carbocycles. The minimum absolute atomic E-state index is 0.345. The van der Waals surface area contributed by atoms with Gasteiger partial charge in [0, 0.05) is 17.8 Å². The van der Waals surface area contributed by atoms with Crippen LogP contribution in [0.3, 0.4) is 0 Å². The van der Waals surface area contributed by atoms with Crippen LogP contribution >= 0.6 is 0 Å². The first kappa shape index (κ1) is 8.57. The largest absolute Gasteiger partial charge is 0.384 e. The second kappa shape index (κ2) is 3.38. The number of amides is 1. The minimum atomic E-state index is -0.345. The zero-order valence-electron chi connectivity index (χ0n) is 7.50. The molecule has 4 nitrogen and oxygen atoms in total. The zero-order chi connectivity index (χ0) is 9.97. The molecular formula is C10H9N3O. The molecule has 1 aromatic rings. The highest BCUT2D eigenvalue weighted by Crippen LogP contribution is 2.22. The van der Waals surface area contributed by atoms with Gasteiger partial charge in [-0.2, -0.15) is 5.26 Å². The van der Waals surface area contributed by atoms with Crippen molar-refractivity contribution in [2.45, 2.75) is 6.42 Å². The second-order valence-corrected chi connectivity index (χ2v) is 3.11. The summed E-state index contributed by atoms with van der Waals surface area (Å²) >= 11 is 0. The molecule has 1 heterocycles. The molecule has 1 amide bonds. The fraction of sp³-hybridized carbons (Fsp3) is 0.200. The van der Waals surface area contributed by atoms with Crippen molar-refractivity contribution in [2.75, 3.05) is 11.9 Å². The van der Waals surface area contributed by atoms with Gasteiger partial charge in [0.1, 0.15) is 0 Å². The third-order valence-corrected chi connectivity index (χ3v) is 2.25. The Bertz CT molecular complexity index is 420. The maximum absolute atomic E-state index is 11.3. The second-order valence-electron chi connectivity index (χ2n) is 3.11. The van der Waals surface area contributed by atoms with E-state index in [1.165, 1.54) is 0 Å². The number of carbonyl (C=O) groups excluding carboxylic acids is 1. The molecule has 1 aliphatic rings. The van der Waals surface area contributed by atoms with Crippen LogP contribution in [0.4, 0.5) is 5.69 Å². The summed E-state index contributed by atoms with van der Waals surface area (Å²) in [5, 5.41) is 13.6. The number of rotatable bonds is 1. The topological polar surface area (TPSA) is 64.9 Å². The predicted octanol–water partition coefficient (Wildman–Crippen LogP) is 0.865. The Hall–Kier alpha value is -2.02. The van der Waals surface area contributed by atoms with Gasteiger partial charge in [-0.15, -0.1) is 0 Å². The Labute approximate surface area is 81.5 Å². The number of fused-ring (bicyclic) bond motifs is 1. The van der Waals surface area contributed by atoms with Gasteiger partial charge < -0.3 is 5.32 Å². The van der Waals surface area contributed by atoms with Gasteiger partial charge in [0.25, 0.3) is 5.91 Å². The molecule has 0 unspecified atom stereocenters. The summed E-state index contributed by atoms with van der Waals surface area (Å²) in [7, 11) is 0. The SMILES string of the molecule is N#CNC(=O)c1ccc2c(c1)CCN2. The summed E-state index contributed by atoms with van der Waals surface area (Å²) in [5.74, 6) is -0.345. The van der Waals surface area contributed by atoms with E-state index in [1.807, 2.05) is 12.1 Å². The van der Waals surface area contributed by atoms with Crippen molar-refractivity contribution in [3.05, 3.63) is 29.3 Å². The molecular weight excluding hydrogens is 178 g/mol. The van der Waals surface area contributed by atoms with E-state index in [0.717, 1.165) is 24.2 Å². The van der Waals surface area contributed by atoms with E-state index in [0.29, 0.717) is 5.56 Å². The maximum Gasteiger partial charge on any atom is 0.264 e. The predicted molar refractivity (Wildman–Crippen MR) is 51.7 cm³/mol. The molecule has 0 atom stereocenters. The van der Waals surface area contributed by atoms with E-state index in [9.17, 15) is 4.79 Å². The Morgan fingerprint density at radius 3 is 3.21 bits per heavy atom. The van der Waals surface area contributed by atoms with Crippen molar-refractivity contribution in [3.8, 4) is 6.19 Å². The average molecular weight is 187 g/mol. The standard InChI is InChI=1S/C10H9N3O/c11-6-13-10(14)8-1-2-9-7(5-8)3-4-12-9/h1-2,5,12H,3-4H2,(H,13,14). The Kier molecular flexibility index (Phi) is 2.07. The molecule has 2 rings (SSSR count). The number of hydrogen-bond acceptors (Lipinski definition) is 3. The lowest BCUT2D eigenvalue weighted by Crippen LogP contribution is -2.17. The van der Waals surface area contributed by atoms with Crippen LogP contribution in [0.25, 0.3) is 0 Å². The molecule has 0 saturated heterocycles. The molecule has 0 fully saturated rings. The molecule has 2 N–H and O–H groups in total. The Morgan fingerprint density at radius 2 is 2.43 bits per heavy atom. The molecule has 0 aromatic heterocycles. The van der Waals surface area contributed by atoms with Crippen LogP contribution in [0.5, 0.6) is 0 Å². The van der Waals surface area contributed by atoms with Crippen LogP contribution in [0, 0.1) is 11.5 Å². The quantitative estimate of drug-likeness (QED) is 0.506. The van der Waals surface area contributed by atoms with Crippen LogP contribution < -0.4 is 10.6 Å². The number of anilines is 1. The van der Waals surface area contributed by atoms with Gasteiger partial charge in [0.2, 0.25) is 0 Å². The normalized spacial score (nSPS) is 12.5. The van der Waals surface area contributed by atoms with Crippen molar-refractivity contribution < 1.29 is 4.79 Å². The summed E-state index contributed by atoms with van der Waals surface area (Å²) < 4.78 is 0. The first-order chi connectivity index (χ1) is 6.81. The molecule has 0 bridgehead atoms. The summed E-state index contributed by atoms with van der Waals surface area (Å²) in [4.78, 5) is 11.3. The van der Waals surface area contributed by atoms with Gasteiger partial charge in [0.15, 0.2) is 6.19 Å². The molecule has 4 heteroatoms. The number of nitrogens with zero attached hydrogens (tertiary/aromatic N) is 1. The molecule has 1 aliphatic heterocycles. The van der Waals surface area contributed by atoms with Gasteiger partial charge >= 0.3 is 0 Å². The molecule has 0 radical (unpaired) electrons. The zero-order valence-corrected chi connectivity index (χ0v) is 7.50. The Morgan fingerprint density at radius 1 is 1.57 bits per heavy atom. The number of benzene rings is 1. The lowest BCUT2D eigenvalue weighted by atomic mass is 10.1. The first-order valence-corrected chi connectivity index (χ1v) is 4.37. The first-order valence-electron chi connectivity index (χ1n) is 4.37. The van der Waals surface area contributed by atoms with Crippen molar-refractivity contribution in [3.63, 3.8) is 0 Å². The number of nitriles is 1. The minimum Gasteiger partial charge on any atom is -0.384 e. The fourth-order valence-electron chi connectivity index (χ4n) is 1.57. The highest BCUT2D eigenvalue weighted by molar-refractivity contribution is 5.95. The third kappa shape index (κ3) is 1.40. The van der Waals surface area contributed by atoms with Gasteiger partial charge in [-0.3, -0.25) is 10.1 Å². The lowest BCUT2D eigenvalue weighted by Gasteiger charge is -2.01. The van der Waals surface area contributed by atoms with Gasteiger partial charge in [-0.05, 0) is 30.2 Å².